The molecule has 36 heavy (non-hydrogen) atoms. The molecule has 0 radical (unpaired) electrons. The average molecular weight is 525 g/mol. The lowest BCUT2D eigenvalue weighted by molar-refractivity contribution is 0.0918. The summed E-state index contributed by atoms with van der Waals surface area (Å²) in [6, 6.07) is 12.2. The van der Waals surface area contributed by atoms with Gasteiger partial charge in [0, 0.05) is 49.7 Å². The molecule has 1 aliphatic heterocycles. The van der Waals surface area contributed by atoms with Crippen LogP contribution in [0, 0.1) is 5.92 Å². The van der Waals surface area contributed by atoms with Crippen molar-refractivity contribution < 1.29 is 9.59 Å². The number of hydrogen-bond acceptors (Lipinski definition) is 5. The van der Waals surface area contributed by atoms with Crippen molar-refractivity contribution in [2.24, 2.45) is 5.92 Å². The van der Waals surface area contributed by atoms with Gasteiger partial charge in [0.05, 0.1) is 21.7 Å². The standard InChI is InChI=1S/C28H33ClN4O2S/c1-19(20-8-3-2-4-9-20)30-27(34)25-21-10-5-6-11-23(21)31-26(24-12-7-17-36-24)22(25)18-32-13-15-33(16-14-32)28(29)35/h5-7,10-12,17,19-20H,2-4,8-9,13-16,18H2,1H3,(H,30,34)/t19-/m0/s1. The molecule has 2 amide bonds. The Morgan fingerprint density at radius 3 is 2.53 bits per heavy atom. The number of amides is 2. The molecule has 1 atom stereocenters. The van der Waals surface area contributed by atoms with E-state index in [4.69, 9.17) is 16.6 Å². The Kier molecular flexibility index (Phi) is 7.89. The number of pyridine rings is 1. The Labute approximate surface area is 221 Å². The van der Waals surface area contributed by atoms with Gasteiger partial charge in [-0.25, -0.2) is 4.98 Å². The summed E-state index contributed by atoms with van der Waals surface area (Å²) in [5.74, 6) is 0.506. The number of carbonyl (C=O) groups excluding carboxylic acids is 2. The van der Waals surface area contributed by atoms with Crippen LogP contribution in [0.3, 0.4) is 0 Å². The molecule has 3 aromatic rings. The third-order valence-electron chi connectivity index (χ3n) is 7.69. The molecular formula is C28H33ClN4O2S. The first kappa shape index (κ1) is 25.2. The predicted molar refractivity (Wildman–Crippen MR) is 147 cm³/mol. The minimum atomic E-state index is -0.405. The monoisotopic (exact) mass is 524 g/mol. The molecule has 0 bridgehead atoms. The minimum absolute atomic E-state index is 0.0194. The second-order valence-corrected chi connectivity index (χ2v) is 11.3. The van der Waals surface area contributed by atoms with Crippen molar-refractivity contribution in [3.05, 3.63) is 52.9 Å². The number of benzene rings is 1. The van der Waals surface area contributed by atoms with Gasteiger partial charge in [0.25, 0.3) is 5.91 Å². The second-order valence-electron chi connectivity index (χ2n) is 9.98. The molecule has 5 rings (SSSR count). The van der Waals surface area contributed by atoms with Crippen molar-refractivity contribution in [3.8, 4) is 10.6 Å². The van der Waals surface area contributed by atoms with Crippen molar-refractivity contribution in [1.29, 1.82) is 0 Å². The normalized spacial score (nSPS) is 18.3. The van der Waals surface area contributed by atoms with Crippen LogP contribution < -0.4 is 5.32 Å². The fourth-order valence-electron chi connectivity index (χ4n) is 5.62. The van der Waals surface area contributed by atoms with Gasteiger partial charge in [0.2, 0.25) is 0 Å². The van der Waals surface area contributed by atoms with Crippen molar-refractivity contribution >= 4 is 45.1 Å². The lowest BCUT2D eigenvalue weighted by Gasteiger charge is -2.34. The molecule has 2 fully saturated rings. The van der Waals surface area contributed by atoms with Gasteiger partial charge in [-0.05, 0) is 54.8 Å². The molecule has 190 valence electrons. The summed E-state index contributed by atoms with van der Waals surface area (Å²) in [4.78, 5) is 35.7. The fraction of sp³-hybridized carbons (Fsp3) is 0.464. The largest absolute Gasteiger partial charge is 0.349 e. The van der Waals surface area contributed by atoms with Gasteiger partial charge in [-0.2, -0.15) is 0 Å². The Morgan fingerprint density at radius 2 is 1.83 bits per heavy atom. The van der Waals surface area contributed by atoms with Crippen LogP contribution in [-0.2, 0) is 6.54 Å². The molecular weight excluding hydrogens is 492 g/mol. The van der Waals surface area contributed by atoms with E-state index in [1.165, 1.54) is 32.1 Å². The molecule has 6 nitrogen and oxygen atoms in total. The number of para-hydroxylation sites is 1. The number of nitrogens with one attached hydrogen (secondary N) is 1. The number of carbonyl (C=O) groups is 2. The number of piperazine rings is 1. The van der Waals surface area contributed by atoms with E-state index in [0.717, 1.165) is 32.6 Å². The van der Waals surface area contributed by atoms with Crippen LogP contribution in [0.15, 0.2) is 41.8 Å². The van der Waals surface area contributed by atoms with Gasteiger partial charge in [0.15, 0.2) is 0 Å². The number of rotatable bonds is 6. The SMILES string of the molecule is C[C@H](NC(=O)c1c(CN2CCN(C(=O)Cl)CC2)c(-c2cccs2)nc2ccccc12)C1CCCCC1. The van der Waals surface area contributed by atoms with E-state index in [-0.39, 0.29) is 11.9 Å². The zero-order valence-electron chi connectivity index (χ0n) is 20.7. The van der Waals surface area contributed by atoms with Crippen LogP contribution in [-0.4, -0.2) is 58.3 Å². The summed E-state index contributed by atoms with van der Waals surface area (Å²) in [7, 11) is 0. The van der Waals surface area contributed by atoms with Gasteiger partial charge in [0.1, 0.15) is 0 Å². The average Bonchev–Trinajstić information content (AvgIpc) is 3.44. The highest BCUT2D eigenvalue weighted by atomic mass is 35.5. The Bertz CT molecular complexity index is 1220. The van der Waals surface area contributed by atoms with Crippen molar-refractivity contribution in [1.82, 2.24) is 20.1 Å². The number of hydrogen-bond donors (Lipinski definition) is 1. The zero-order chi connectivity index (χ0) is 25.1. The third-order valence-corrected chi connectivity index (χ3v) is 8.81. The summed E-state index contributed by atoms with van der Waals surface area (Å²) >= 11 is 7.35. The molecule has 1 N–H and O–H groups in total. The first-order valence-electron chi connectivity index (χ1n) is 12.9. The Morgan fingerprint density at radius 1 is 1.08 bits per heavy atom. The molecule has 8 heteroatoms. The number of fused-ring (bicyclic) bond motifs is 1. The quantitative estimate of drug-likeness (QED) is 0.311. The van der Waals surface area contributed by atoms with E-state index < -0.39 is 5.37 Å². The maximum atomic E-state index is 14.0. The molecule has 2 aliphatic rings. The van der Waals surface area contributed by atoms with Crippen LogP contribution in [0.2, 0.25) is 0 Å². The molecule has 1 saturated carbocycles. The van der Waals surface area contributed by atoms with E-state index in [1.807, 2.05) is 35.7 Å². The predicted octanol–water partition coefficient (Wildman–Crippen LogP) is 6.14. The first-order chi connectivity index (χ1) is 17.5. The van der Waals surface area contributed by atoms with E-state index in [0.29, 0.717) is 38.6 Å². The summed E-state index contributed by atoms with van der Waals surface area (Å²) in [6.07, 6.45) is 6.13. The number of halogens is 1. The van der Waals surface area contributed by atoms with Crippen LogP contribution in [0.4, 0.5) is 4.79 Å². The molecule has 3 heterocycles. The highest BCUT2D eigenvalue weighted by Gasteiger charge is 2.28. The Balaban J connectivity index is 1.53. The summed E-state index contributed by atoms with van der Waals surface area (Å²) in [5, 5.41) is 5.91. The number of nitrogens with zero attached hydrogens (tertiary/aromatic N) is 3. The number of thiophene rings is 1. The Hall–Kier alpha value is -2.48. The van der Waals surface area contributed by atoms with Gasteiger partial charge < -0.3 is 10.2 Å². The highest BCUT2D eigenvalue weighted by molar-refractivity contribution is 7.13. The first-order valence-corrected chi connectivity index (χ1v) is 14.2. The van der Waals surface area contributed by atoms with Crippen molar-refractivity contribution in [3.63, 3.8) is 0 Å². The zero-order valence-corrected chi connectivity index (χ0v) is 22.3. The van der Waals surface area contributed by atoms with Gasteiger partial charge in [-0.3, -0.25) is 14.5 Å². The molecule has 0 unspecified atom stereocenters. The van der Waals surface area contributed by atoms with Gasteiger partial charge in [-0.1, -0.05) is 43.5 Å². The molecule has 1 aromatic carbocycles. The summed E-state index contributed by atoms with van der Waals surface area (Å²) in [5.41, 5.74) is 3.38. The second kappa shape index (κ2) is 11.3. The summed E-state index contributed by atoms with van der Waals surface area (Å²) in [6.45, 7) is 5.31. The topological polar surface area (TPSA) is 65.5 Å². The maximum Gasteiger partial charge on any atom is 0.316 e. The van der Waals surface area contributed by atoms with E-state index >= 15 is 0 Å². The van der Waals surface area contributed by atoms with Crippen LogP contribution in [0.5, 0.6) is 0 Å². The van der Waals surface area contributed by atoms with Crippen LogP contribution in [0.25, 0.3) is 21.5 Å². The lowest BCUT2D eigenvalue weighted by atomic mass is 9.84. The molecule has 1 aliphatic carbocycles. The smallest absolute Gasteiger partial charge is 0.316 e. The third kappa shape index (κ3) is 5.43. The number of aromatic nitrogens is 1. The van der Waals surface area contributed by atoms with E-state index in [1.54, 1.807) is 16.2 Å². The lowest BCUT2D eigenvalue weighted by Crippen LogP contribution is -2.47. The molecule has 1 saturated heterocycles. The minimum Gasteiger partial charge on any atom is -0.349 e. The van der Waals surface area contributed by atoms with Crippen LogP contribution >= 0.6 is 22.9 Å². The maximum absolute atomic E-state index is 14.0. The van der Waals surface area contributed by atoms with Crippen LogP contribution in [0.1, 0.15) is 54.9 Å². The van der Waals surface area contributed by atoms with Crippen molar-refractivity contribution in [2.75, 3.05) is 26.2 Å². The van der Waals surface area contributed by atoms with Gasteiger partial charge in [-0.15, -0.1) is 11.3 Å². The van der Waals surface area contributed by atoms with E-state index in [9.17, 15) is 9.59 Å². The summed E-state index contributed by atoms with van der Waals surface area (Å²) < 4.78 is 0. The van der Waals surface area contributed by atoms with Crippen molar-refractivity contribution in [2.45, 2.75) is 51.6 Å². The molecule has 0 spiro atoms. The van der Waals surface area contributed by atoms with Gasteiger partial charge >= 0.3 is 5.37 Å². The highest BCUT2D eigenvalue weighted by Crippen LogP contribution is 2.34. The van der Waals surface area contributed by atoms with E-state index in [2.05, 4.69) is 23.2 Å². The fourth-order valence-corrected chi connectivity index (χ4v) is 6.53. The molecule has 2 aromatic heterocycles.